The third-order valence-corrected chi connectivity index (χ3v) is 2.05. The molecule has 3 heteroatoms. The van der Waals surface area contributed by atoms with Crippen LogP contribution in [0.15, 0.2) is 24.5 Å². The lowest BCUT2D eigenvalue weighted by molar-refractivity contribution is 0.184. The number of aliphatic hydroxyl groups excluding tert-OH is 1. The van der Waals surface area contributed by atoms with Crippen LogP contribution >= 0.6 is 0 Å². The highest BCUT2D eigenvalue weighted by atomic mass is 16.3. The Kier molecular flexibility index (Phi) is 5.19. The second-order valence-corrected chi connectivity index (χ2v) is 3.50. The summed E-state index contributed by atoms with van der Waals surface area (Å²) < 4.78 is 0. The fraction of sp³-hybridized carbons (Fsp3) is 0.545. The van der Waals surface area contributed by atoms with E-state index in [0.717, 1.165) is 25.9 Å². The molecule has 1 heterocycles. The highest BCUT2D eigenvalue weighted by molar-refractivity contribution is 5.08. The number of hydrogen-bond acceptors (Lipinski definition) is 3. The van der Waals surface area contributed by atoms with E-state index in [4.69, 9.17) is 5.11 Å². The number of nitrogens with zero attached hydrogens (tertiary/aromatic N) is 1. The average Bonchev–Trinajstić information content (AvgIpc) is 2.18. The van der Waals surface area contributed by atoms with Crippen LogP contribution in [-0.4, -0.2) is 29.3 Å². The maximum absolute atomic E-state index is 9.02. The van der Waals surface area contributed by atoms with Gasteiger partial charge in [-0.05, 0) is 44.5 Å². The zero-order chi connectivity index (χ0) is 10.2. The lowest BCUT2D eigenvalue weighted by Gasteiger charge is -2.05. The fourth-order valence-electron chi connectivity index (χ4n) is 1.21. The molecule has 1 aromatic heterocycles. The zero-order valence-electron chi connectivity index (χ0n) is 8.61. The molecular formula is C11H18N2O. The number of aliphatic hydroxyl groups is 1. The molecule has 0 fully saturated rings. The SMILES string of the molecule is CC(O)CCNCCc1cccnc1. The maximum atomic E-state index is 9.02. The Morgan fingerprint density at radius 3 is 3.00 bits per heavy atom. The number of rotatable bonds is 6. The summed E-state index contributed by atoms with van der Waals surface area (Å²) in [4.78, 5) is 4.04. The third-order valence-electron chi connectivity index (χ3n) is 2.05. The van der Waals surface area contributed by atoms with Crippen molar-refractivity contribution in [2.45, 2.75) is 25.9 Å². The first kappa shape index (κ1) is 11.1. The predicted octanol–water partition coefficient (Wildman–Crippen LogP) is 0.985. The van der Waals surface area contributed by atoms with E-state index < -0.39 is 0 Å². The molecule has 1 aromatic rings. The predicted molar refractivity (Wildman–Crippen MR) is 57.1 cm³/mol. The van der Waals surface area contributed by atoms with E-state index in [2.05, 4.69) is 16.4 Å². The van der Waals surface area contributed by atoms with Gasteiger partial charge in [-0.3, -0.25) is 4.98 Å². The van der Waals surface area contributed by atoms with Crippen LogP contribution in [-0.2, 0) is 6.42 Å². The normalized spacial score (nSPS) is 12.7. The van der Waals surface area contributed by atoms with Gasteiger partial charge in [-0.1, -0.05) is 6.07 Å². The molecule has 1 rings (SSSR count). The number of aromatic nitrogens is 1. The quantitative estimate of drug-likeness (QED) is 0.664. The summed E-state index contributed by atoms with van der Waals surface area (Å²) in [5.41, 5.74) is 1.25. The first-order valence-corrected chi connectivity index (χ1v) is 5.06. The van der Waals surface area contributed by atoms with E-state index in [-0.39, 0.29) is 6.10 Å². The van der Waals surface area contributed by atoms with Crippen LogP contribution in [0.3, 0.4) is 0 Å². The van der Waals surface area contributed by atoms with Crippen LogP contribution in [0.5, 0.6) is 0 Å². The number of pyridine rings is 1. The van der Waals surface area contributed by atoms with Crippen LogP contribution in [0.4, 0.5) is 0 Å². The van der Waals surface area contributed by atoms with Crippen molar-refractivity contribution in [3.05, 3.63) is 30.1 Å². The molecule has 1 unspecified atom stereocenters. The molecule has 1 atom stereocenters. The van der Waals surface area contributed by atoms with E-state index in [9.17, 15) is 0 Å². The second kappa shape index (κ2) is 6.51. The van der Waals surface area contributed by atoms with Gasteiger partial charge in [0.05, 0.1) is 6.10 Å². The van der Waals surface area contributed by atoms with Gasteiger partial charge >= 0.3 is 0 Å². The van der Waals surface area contributed by atoms with Gasteiger partial charge in [0.25, 0.3) is 0 Å². The van der Waals surface area contributed by atoms with Crippen molar-refractivity contribution >= 4 is 0 Å². The molecule has 0 radical (unpaired) electrons. The molecule has 0 bridgehead atoms. The van der Waals surface area contributed by atoms with Crippen molar-refractivity contribution in [2.24, 2.45) is 0 Å². The Hall–Kier alpha value is -0.930. The van der Waals surface area contributed by atoms with Crippen LogP contribution < -0.4 is 5.32 Å². The summed E-state index contributed by atoms with van der Waals surface area (Å²) in [5, 5.41) is 12.3. The van der Waals surface area contributed by atoms with E-state index in [0.29, 0.717) is 0 Å². The summed E-state index contributed by atoms with van der Waals surface area (Å²) in [5.74, 6) is 0. The minimum atomic E-state index is -0.208. The molecule has 0 saturated heterocycles. The molecule has 0 spiro atoms. The summed E-state index contributed by atoms with van der Waals surface area (Å²) in [6, 6.07) is 4.02. The molecule has 2 N–H and O–H groups in total. The van der Waals surface area contributed by atoms with Crippen LogP contribution in [0, 0.1) is 0 Å². The number of hydrogen-bond donors (Lipinski definition) is 2. The van der Waals surface area contributed by atoms with Gasteiger partial charge in [0, 0.05) is 12.4 Å². The minimum absolute atomic E-state index is 0.208. The molecule has 3 nitrogen and oxygen atoms in total. The van der Waals surface area contributed by atoms with Crippen molar-refractivity contribution in [3.63, 3.8) is 0 Å². The maximum Gasteiger partial charge on any atom is 0.0524 e. The lowest BCUT2D eigenvalue weighted by Crippen LogP contribution is -2.21. The van der Waals surface area contributed by atoms with Crippen LogP contribution in [0.1, 0.15) is 18.9 Å². The van der Waals surface area contributed by atoms with Gasteiger partial charge < -0.3 is 10.4 Å². The van der Waals surface area contributed by atoms with Gasteiger partial charge in [0.1, 0.15) is 0 Å². The zero-order valence-corrected chi connectivity index (χ0v) is 8.61. The van der Waals surface area contributed by atoms with Crippen molar-refractivity contribution in [1.29, 1.82) is 0 Å². The third kappa shape index (κ3) is 4.94. The van der Waals surface area contributed by atoms with E-state index in [1.807, 2.05) is 19.2 Å². The largest absolute Gasteiger partial charge is 0.393 e. The fourth-order valence-corrected chi connectivity index (χ4v) is 1.21. The van der Waals surface area contributed by atoms with Gasteiger partial charge in [-0.2, -0.15) is 0 Å². The van der Waals surface area contributed by atoms with Crippen molar-refractivity contribution < 1.29 is 5.11 Å². The monoisotopic (exact) mass is 194 g/mol. The van der Waals surface area contributed by atoms with Crippen molar-refractivity contribution in [2.75, 3.05) is 13.1 Å². The molecule has 0 aliphatic carbocycles. The Morgan fingerprint density at radius 2 is 2.36 bits per heavy atom. The van der Waals surface area contributed by atoms with Crippen LogP contribution in [0.25, 0.3) is 0 Å². The molecule has 0 aliphatic rings. The van der Waals surface area contributed by atoms with E-state index >= 15 is 0 Å². The molecule has 78 valence electrons. The standard InChI is InChI=1S/C11H18N2O/c1-10(14)4-7-12-8-5-11-3-2-6-13-9-11/h2-3,6,9-10,12,14H,4-5,7-8H2,1H3. The highest BCUT2D eigenvalue weighted by Crippen LogP contribution is 1.95. The summed E-state index contributed by atoms with van der Waals surface area (Å²) in [6.45, 7) is 3.62. The average molecular weight is 194 g/mol. The lowest BCUT2D eigenvalue weighted by atomic mass is 10.2. The van der Waals surface area contributed by atoms with E-state index in [1.165, 1.54) is 5.56 Å². The topological polar surface area (TPSA) is 45.1 Å². The van der Waals surface area contributed by atoms with Gasteiger partial charge in [0.2, 0.25) is 0 Å². The van der Waals surface area contributed by atoms with E-state index in [1.54, 1.807) is 6.20 Å². The first-order valence-electron chi connectivity index (χ1n) is 5.06. The molecule has 0 aliphatic heterocycles. The second-order valence-electron chi connectivity index (χ2n) is 3.50. The Morgan fingerprint density at radius 1 is 1.50 bits per heavy atom. The van der Waals surface area contributed by atoms with Gasteiger partial charge in [-0.15, -0.1) is 0 Å². The van der Waals surface area contributed by atoms with Crippen molar-refractivity contribution in [3.8, 4) is 0 Å². The minimum Gasteiger partial charge on any atom is -0.393 e. The van der Waals surface area contributed by atoms with Crippen LogP contribution in [0.2, 0.25) is 0 Å². The van der Waals surface area contributed by atoms with Crippen molar-refractivity contribution in [1.82, 2.24) is 10.3 Å². The Balaban J connectivity index is 2.05. The molecule has 0 amide bonds. The Bertz CT molecular complexity index is 236. The molecule has 14 heavy (non-hydrogen) atoms. The Labute approximate surface area is 85.2 Å². The smallest absolute Gasteiger partial charge is 0.0524 e. The van der Waals surface area contributed by atoms with Gasteiger partial charge in [-0.25, -0.2) is 0 Å². The highest BCUT2D eigenvalue weighted by Gasteiger charge is 1.95. The number of nitrogens with one attached hydrogen (secondary N) is 1. The molecule has 0 saturated carbocycles. The summed E-state index contributed by atoms with van der Waals surface area (Å²) >= 11 is 0. The van der Waals surface area contributed by atoms with Gasteiger partial charge in [0.15, 0.2) is 0 Å². The summed E-state index contributed by atoms with van der Waals surface area (Å²) in [6.07, 6.45) is 5.27. The molecular weight excluding hydrogens is 176 g/mol. The summed E-state index contributed by atoms with van der Waals surface area (Å²) in [7, 11) is 0. The molecule has 0 aromatic carbocycles. The first-order chi connectivity index (χ1) is 6.79.